The predicted molar refractivity (Wildman–Crippen MR) is 88.9 cm³/mol. The highest BCUT2D eigenvalue weighted by Gasteiger charge is 2.14. The van der Waals surface area contributed by atoms with E-state index in [4.69, 9.17) is 0 Å². The molecular formula is C18H22N2O. The van der Waals surface area contributed by atoms with E-state index in [1.165, 1.54) is 5.56 Å². The molecule has 21 heavy (non-hydrogen) atoms. The first-order chi connectivity index (χ1) is 10.1. The van der Waals surface area contributed by atoms with Crippen molar-refractivity contribution in [2.45, 2.75) is 12.8 Å². The summed E-state index contributed by atoms with van der Waals surface area (Å²) in [6, 6.07) is 18.1. The zero-order chi connectivity index (χ0) is 15.2. The van der Waals surface area contributed by atoms with Crippen molar-refractivity contribution in [3.63, 3.8) is 0 Å². The van der Waals surface area contributed by atoms with Gasteiger partial charge < -0.3 is 9.80 Å². The van der Waals surface area contributed by atoms with Gasteiger partial charge in [0, 0.05) is 27.6 Å². The highest BCUT2D eigenvalue weighted by molar-refractivity contribution is 5.96. The monoisotopic (exact) mass is 282 g/mol. The Labute approximate surface area is 126 Å². The van der Waals surface area contributed by atoms with Crippen molar-refractivity contribution >= 4 is 17.3 Å². The minimum atomic E-state index is 0.133. The van der Waals surface area contributed by atoms with E-state index in [9.17, 15) is 4.79 Å². The molecule has 3 nitrogen and oxygen atoms in total. The fraction of sp³-hybridized carbons (Fsp3) is 0.278. The maximum atomic E-state index is 12.4. The first kappa shape index (κ1) is 15.1. The quantitative estimate of drug-likeness (QED) is 0.839. The average Bonchev–Trinajstić information content (AvgIpc) is 2.52. The van der Waals surface area contributed by atoms with Crippen LogP contribution in [0.4, 0.5) is 11.4 Å². The molecular weight excluding hydrogens is 260 g/mol. The van der Waals surface area contributed by atoms with Crippen LogP contribution in [0.15, 0.2) is 54.6 Å². The van der Waals surface area contributed by atoms with Crippen LogP contribution >= 0.6 is 0 Å². The molecule has 0 aliphatic heterocycles. The molecule has 1 amide bonds. The number of carbonyl (C=O) groups is 1. The van der Waals surface area contributed by atoms with Crippen molar-refractivity contribution in [1.82, 2.24) is 0 Å². The van der Waals surface area contributed by atoms with E-state index in [1.807, 2.05) is 68.5 Å². The van der Waals surface area contributed by atoms with Crippen molar-refractivity contribution in [2.24, 2.45) is 0 Å². The summed E-state index contributed by atoms with van der Waals surface area (Å²) in [6.07, 6.45) is 1.29. The zero-order valence-electron chi connectivity index (χ0n) is 12.9. The summed E-state index contributed by atoms with van der Waals surface area (Å²) in [5.74, 6) is 0.133. The number of benzene rings is 2. The summed E-state index contributed by atoms with van der Waals surface area (Å²) in [4.78, 5) is 16.2. The molecule has 0 unspecified atom stereocenters. The van der Waals surface area contributed by atoms with E-state index < -0.39 is 0 Å². The SMILES string of the molecule is CN(C)c1ccccc1N(C)C(=O)CCc1ccccc1. The minimum absolute atomic E-state index is 0.133. The molecule has 110 valence electrons. The zero-order valence-corrected chi connectivity index (χ0v) is 12.9. The van der Waals surface area contributed by atoms with Gasteiger partial charge >= 0.3 is 0 Å². The lowest BCUT2D eigenvalue weighted by Crippen LogP contribution is -2.28. The van der Waals surface area contributed by atoms with Crippen LogP contribution in [-0.4, -0.2) is 27.1 Å². The maximum Gasteiger partial charge on any atom is 0.227 e. The van der Waals surface area contributed by atoms with Gasteiger partial charge in [-0.15, -0.1) is 0 Å². The molecule has 0 saturated carbocycles. The fourth-order valence-electron chi connectivity index (χ4n) is 2.32. The molecule has 0 spiro atoms. The molecule has 2 aromatic rings. The molecule has 0 aliphatic rings. The smallest absolute Gasteiger partial charge is 0.227 e. The fourth-order valence-corrected chi connectivity index (χ4v) is 2.32. The summed E-state index contributed by atoms with van der Waals surface area (Å²) in [5.41, 5.74) is 3.19. The minimum Gasteiger partial charge on any atom is -0.376 e. The van der Waals surface area contributed by atoms with E-state index in [2.05, 4.69) is 12.1 Å². The van der Waals surface area contributed by atoms with Crippen LogP contribution in [0.1, 0.15) is 12.0 Å². The van der Waals surface area contributed by atoms with Crippen molar-refractivity contribution in [1.29, 1.82) is 0 Å². The largest absolute Gasteiger partial charge is 0.376 e. The molecule has 0 aliphatic carbocycles. The number of para-hydroxylation sites is 2. The number of anilines is 2. The summed E-state index contributed by atoms with van der Waals surface area (Å²) < 4.78 is 0. The third-order valence-corrected chi connectivity index (χ3v) is 3.57. The second-order valence-electron chi connectivity index (χ2n) is 5.32. The van der Waals surface area contributed by atoms with Gasteiger partial charge in [0.25, 0.3) is 0 Å². The van der Waals surface area contributed by atoms with Crippen LogP contribution in [0.5, 0.6) is 0 Å². The van der Waals surface area contributed by atoms with Gasteiger partial charge in [-0.2, -0.15) is 0 Å². The van der Waals surface area contributed by atoms with Gasteiger partial charge in [0.2, 0.25) is 5.91 Å². The number of amides is 1. The Morgan fingerprint density at radius 3 is 2.05 bits per heavy atom. The lowest BCUT2D eigenvalue weighted by atomic mass is 10.1. The predicted octanol–water partition coefficient (Wildman–Crippen LogP) is 3.35. The van der Waals surface area contributed by atoms with Crippen molar-refractivity contribution in [3.05, 3.63) is 60.2 Å². The van der Waals surface area contributed by atoms with Gasteiger partial charge in [0.1, 0.15) is 0 Å². The second-order valence-corrected chi connectivity index (χ2v) is 5.32. The number of hydrogen-bond acceptors (Lipinski definition) is 2. The van der Waals surface area contributed by atoms with E-state index in [0.29, 0.717) is 6.42 Å². The van der Waals surface area contributed by atoms with Crippen molar-refractivity contribution in [3.8, 4) is 0 Å². The number of aryl methyl sites for hydroxylation is 1. The summed E-state index contributed by atoms with van der Waals surface area (Å²) in [6.45, 7) is 0. The Morgan fingerprint density at radius 2 is 1.43 bits per heavy atom. The van der Waals surface area contributed by atoms with Crippen molar-refractivity contribution in [2.75, 3.05) is 30.9 Å². The molecule has 0 N–H and O–H groups in total. The number of rotatable bonds is 5. The first-order valence-corrected chi connectivity index (χ1v) is 7.16. The van der Waals surface area contributed by atoms with Crippen molar-refractivity contribution < 1.29 is 4.79 Å². The van der Waals surface area contributed by atoms with E-state index in [0.717, 1.165) is 17.8 Å². The van der Waals surface area contributed by atoms with E-state index in [-0.39, 0.29) is 5.91 Å². The molecule has 0 heterocycles. The highest BCUT2D eigenvalue weighted by atomic mass is 16.2. The Kier molecular flexibility index (Phi) is 4.99. The summed E-state index contributed by atoms with van der Waals surface area (Å²) in [7, 11) is 5.82. The lowest BCUT2D eigenvalue weighted by Gasteiger charge is -2.24. The standard InChI is InChI=1S/C18H22N2O/c1-19(2)16-11-7-8-12-17(16)20(3)18(21)14-13-15-9-5-4-6-10-15/h4-12H,13-14H2,1-3H3. The average molecular weight is 282 g/mol. The number of nitrogens with zero attached hydrogens (tertiary/aromatic N) is 2. The Hall–Kier alpha value is -2.29. The third-order valence-electron chi connectivity index (χ3n) is 3.57. The topological polar surface area (TPSA) is 23.6 Å². The second kappa shape index (κ2) is 6.93. The van der Waals surface area contributed by atoms with Gasteiger partial charge in [-0.25, -0.2) is 0 Å². The van der Waals surface area contributed by atoms with Gasteiger partial charge in [-0.3, -0.25) is 4.79 Å². The molecule has 2 aromatic carbocycles. The van der Waals surface area contributed by atoms with Crippen LogP contribution < -0.4 is 9.80 Å². The molecule has 2 rings (SSSR count). The summed E-state index contributed by atoms with van der Waals surface area (Å²) >= 11 is 0. The van der Waals surface area contributed by atoms with Crippen LogP contribution in [0.2, 0.25) is 0 Å². The van der Waals surface area contributed by atoms with E-state index in [1.54, 1.807) is 4.90 Å². The normalized spacial score (nSPS) is 10.2. The number of carbonyl (C=O) groups excluding carboxylic acids is 1. The number of hydrogen-bond donors (Lipinski definition) is 0. The Bertz CT molecular complexity index is 593. The third kappa shape index (κ3) is 3.85. The first-order valence-electron chi connectivity index (χ1n) is 7.16. The Morgan fingerprint density at radius 1 is 0.857 bits per heavy atom. The molecule has 0 aromatic heterocycles. The van der Waals surface area contributed by atoms with Crippen LogP contribution in [0, 0.1) is 0 Å². The Balaban J connectivity index is 2.06. The van der Waals surface area contributed by atoms with Crippen LogP contribution in [-0.2, 0) is 11.2 Å². The molecule has 0 atom stereocenters. The van der Waals surface area contributed by atoms with Gasteiger partial charge in [-0.05, 0) is 24.1 Å². The summed E-state index contributed by atoms with van der Waals surface area (Å²) in [5, 5.41) is 0. The van der Waals surface area contributed by atoms with E-state index >= 15 is 0 Å². The van der Waals surface area contributed by atoms with Gasteiger partial charge in [0.05, 0.1) is 11.4 Å². The molecule has 3 heteroatoms. The lowest BCUT2D eigenvalue weighted by molar-refractivity contribution is -0.118. The van der Waals surface area contributed by atoms with Crippen LogP contribution in [0.3, 0.4) is 0 Å². The molecule has 0 saturated heterocycles. The van der Waals surface area contributed by atoms with Gasteiger partial charge in [0.15, 0.2) is 0 Å². The molecule has 0 fully saturated rings. The van der Waals surface area contributed by atoms with Crippen LogP contribution in [0.25, 0.3) is 0 Å². The highest BCUT2D eigenvalue weighted by Crippen LogP contribution is 2.27. The molecule has 0 bridgehead atoms. The maximum absolute atomic E-state index is 12.4. The molecule has 0 radical (unpaired) electrons. The van der Waals surface area contributed by atoms with Gasteiger partial charge in [-0.1, -0.05) is 42.5 Å².